The number of rotatable bonds is 1. The average Bonchev–Trinajstić information content (AvgIpc) is 2.85. The van der Waals surface area contributed by atoms with E-state index in [0.29, 0.717) is 24.0 Å². The highest BCUT2D eigenvalue weighted by Gasteiger charge is 2.63. The Morgan fingerprint density at radius 3 is 2.70 bits per heavy atom. The van der Waals surface area contributed by atoms with Crippen molar-refractivity contribution in [2.45, 2.75) is 70.8 Å². The lowest BCUT2D eigenvalue weighted by molar-refractivity contribution is -0.172. The summed E-state index contributed by atoms with van der Waals surface area (Å²) in [4.78, 5) is 23.8. The molecule has 23 heavy (non-hydrogen) atoms. The van der Waals surface area contributed by atoms with E-state index in [4.69, 9.17) is 0 Å². The van der Waals surface area contributed by atoms with Gasteiger partial charge >= 0.3 is 0 Å². The number of Topliss-reactive ketones (excluding diaryl/α,β-unsaturated/α-hetero) is 1. The summed E-state index contributed by atoms with van der Waals surface area (Å²) in [5.41, 5.74) is 0.642. The summed E-state index contributed by atoms with van der Waals surface area (Å²) in [6.07, 6.45) is 9.04. The summed E-state index contributed by atoms with van der Waals surface area (Å²) >= 11 is 0. The largest absolute Gasteiger partial charge is 0.389 e. The molecule has 0 heterocycles. The van der Waals surface area contributed by atoms with Crippen molar-refractivity contribution in [1.82, 2.24) is 0 Å². The van der Waals surface area contributed by atoms with Gasteiger partial charge in [0.25, 0.3) is 0 Å². The summed E-state index contributed by atoms with van der Waals surface area (Å²) in [5, 5.41) is 11.7. The van der Waals surface area contributed by atoms with E-state index in [1.165, 1.54) is 5.57 Å². The van der Waals surface area contributed by atoms with Crippen LogP contribution in [0, 0.1) is 29.1 Å². The van der Waals surface area contributed by atoms with Crippen molar-refractivity contribution in [2.24, 2.45) is 29.1 Å². The Kier molecular flexibility index (Phi) is 3.39. The van der Waals surface area contributed by atoms with Gasteiger partial charge in [-0.05, 0) is 81.1 Å². The molecule has 4 aliphatic carbocycles. The van der Waals surface area contributed by atoms with Crippen LogP contribution in [0.15, 0.2) is 11.6 Å². The summed E-state index contributed by atoms with van der Waals surface area (Å²) in [6, 6.07) is 0. The Labute approximate surface area is 138 Å². The Morgan fingerprint density at radius 1 is 1.17 bits per heavy atom. The summed E-state index contributed by atoms with van der Waals surface area (Å²) in [7, 11) is 0. The van der Waals surface area contributed by atoms with Gasteiger partial charge in [0.05, 0.1) is 5.60 Å². The Hall–Kier alpha value is -0.960. The molecule has 1 N–H and O–H groups in total. The summed E-state index contributed by atoms with van der Waals surface area (Å²) in [5.74, 6) is 1.63. The Bertz CT molecular complexity index is 592. The normalized spacial score (nSPS) is 49.0. The quantitative estimate of drug-likeness (QED) is 0.806. The van der Waals surface area contributed by atoms with Crippen LogP contribution in [-0.4, -0.2) is 22.3 Å². The number of aliphatic hydroxyl groups is 1. The summed E-state index contributed by atoms with van der Waals surface area (Å²) < 4.78 is 0. The number of fused-ring (bicyclic) bond motifs is 5. The number of carbonyl (C=O) groups excluding carboxylic acids is 2. The van der Waals surface area contributed by atoms with Crippen molar-refractivity contribution in [3.8, 4) is 0 Å². The van der Waals surface area contributed by atoms with Gasteiger partial charge in [0.1, 0.15) is 5.78 Å². The fraction of sp³-hybridized carbons (Fsp3) is 0.800. The van der Waals surface area contributed by atoms with Gasteiger partial charge in [-0.1, -0.05) is 12.5 Å². The second kappa shape index (κ2) is 5.02. The maximum atomic E-state index is 12.1. The predicted molar refractivity (Wildman–Crippen MR) is 87.7 cm³/mol. The molecule has 3 saturated carbocycles. The SMILES string of the molecule is CC(=O)[C@@H]1CC[C@@H]2[C@]1(C)CC[C@@H]1[C@@H]3CCC(=O)C=C3CC[C@]12O. The van der Waals surface area contributed by atoms with Gasteiger partial charge in [0.15, 0.2) is 5.78 Å². The summed E-state index contributed by atoms with van der Waals surface area (Å²) in [6.45, 7) is 3.98. The molecule has 126 valence electrons. The van der Waals surface area contributed by atoms with E-state index in [1.807, 2.05) is 6.08 Å². The molecule has 0 unspecified atom stereocenters. The molecule has 0 amide bonds. The smallest absolute Gasteiger partial charge is 0.155 e. The van der Waals surface area contributed by atoms with Gasteiger partial charge in [-0.25, -0.2) is 0 Å². The molecule has 6 atom stereocenters. The van der Waals surface area contributed by atoms with Gasteiger partial charge in [-0.2, -0.15) is 0 Å². The minimum atomic E-state index is -0.625. The topological polar surface area (TPSA) is 54.4 Å². The van der Waals surface area contributed by atoms with Crippen LogP contribution < -0.4 is 0 Å². The van der Waals surface area contributed by atoms with E-state index in [-0.39, 0.29) is 23.0 Å². The lowest BCUT2D eigenvalue weighted by atomic mass is 9.49. The third-order valence-electron chi connectivity index (χ3n) is 7.89. The Balaban J connectivity index is 1.69. The van der Waals surface area contributed by atoms with Crippen LogP contribution in [0.25, 0.3) is 0 Å². The molecule has 0 aromatic heterocycles. The molecule has 0 saturated heterocycles. The maximum Gasteiger partial charge on any atom is 0.155 e. The van der Waals surface area contributed by atoms with Crippen LogP contribution in [0.2, 0.25) is 0 Å². The lowest BCUT2D eigenvalue weighted by Gasteiger charge is -2.58. The van der Waals surface area contributed by atoms with Gasteiger partial charge < -0.3 is 5.11 Å². The van der Waals surface area contributed by atoms with E-state index in [1.54, 1.807) is 6.92 Å². The van der Waals surface area contributed by atoms with Crippen molar-refractivity contribution in [3.05, 3.63) is 11.6 Å². The van der Waals surface area contributed by atoms with Crippen LogP contribution in [0.1, 0.15) is 65.2 Å². The van der Waals surface area contributed by atoms with Gasteiger partial charge in [-0.15, -0.1) is 0 Å². The van der Waals surface area contributed by atoms with Gasteiger partial charge in [0.2, 0.25) is 0 Å². The van der Waals surface area contributed by atoms with Gasteiger partial charge in [-0.3, -0.25) is 9.59 Å². The van der Waals surface area contributed by atoms with Crippen molar-refractivity contribution >= 4 is 11.6 Å². The first kappa shape index (κ1) is 15.6. The molecule has 0 aliphatic heterocycles. The van der Waals surface area contributed by atoms with Crippen LogP contribution >= 0.6 is 0 Å². The van der Waals surface area contributed by atoms with Crippen LogP contribution in [0.5, 0.6) is 0 Å². The molecule has 0 radical (unpaired) electrons. The molecule has 0 bridgehead atoms. The number of allylic oxidation sites excluding steroid dienone is 1. The standard InChI is InChI=1S/C20H28O3/c1-12(21)16-5-6-18-19(16,2)9-8-17-15-4-3-14(22)11-13(15)7-10-20(17,18)23/h11,15-18,23H,3-10H2,1-2H3/t15-,16+,17-,18-,19-,20+/m1/s1. The minimum Gasteiger partial charge on any atom is -0.389 e. The number of hydrogen-bond acceptors (Lipinski definition) is 3. The van der Waals surface area contributed by atoms with E-state index in [9.17, 15) is 14.7 Å². The zero-order valence-corrected chi connectivity index (χ0v) is 14.3. The van der Waals surface area contributed by atoms with Crippen molar-refractivity contribution in [1.29, 1.82) is 0 Å². The fourth-order valence-corrected chi connectivity index (χ4v) is 6.89. The maximum absolute atomic E-state index is 12.1. The third kappa shape index (κ3) is 2.05. The molecule has 3 nitrogen and oxygen atoms in total. The Morgan fingerprint density at radius 2 is 1.96 bits per heavy atom. The van der Waals surface area contributed by atoms with E-state index in [0.717, 1.165) is 44.9 Å². The number of ketones is 2. The monoisotopic (exact) mass is 316 g/mol. The molecule has 4 rings (SSSR count). The molecule has 0 aromatic rings. The molecular weight excluding hydrogens is 288 g/mol. The van der Waals surface area contributed by atoms with Crippen LogP contribution in [-0.2, 0) is 9.59 Å². The van der Waals surface area contributed by atoms with E-state index in [2.05, 4.69) is 6.92 Å². The molecule has 4 aliphatic rings. The second-order valence-electron chi connectivity index (χ2n) is 8.77. The first-order chi connectivity index (χ1) is 10.9. The highest BCUT2D eigenvalue weighted by atomic mass is 16.3. The highest BCUT2D eigenvalue weighted by molar-refractivity contribution is 5.91. The lowest BCUT2D eigenvalue weighted by Crippen LogP contribution is -2.59. The van der Waals surface area contributed by atoms with Gasteiger partial charge in [0, 0.05) is 12.3 Å². The minimum absolute atomic E-state index is 0.0250. The first-order valence-electron chi connectivity index (χ1n) is 9.32. The number of carbonyl (C=O) groups is 2. The zero-order valence-electron chi connectivity index (χ0n) is 14.3. The molecule has 0 aromatic carbocycles. The third-order valence-corrected chi connectivity index (χ3v) is 7.89. The molecule has 3 heteroatoms. The molecular formula is C20H28O3. The van der Waals surface area contributed by atoms with Crippen molar-refractivity contribution in [2.75, 3.05) is 0 Å². The van der Waals surface area contributed by atoms with Crippen molar-refractivity contribution < 1.29 is 14.7 Å². The zero-order chi connectivity index (χ0) is 16.4. The molecule has 3 fully saturated rings. The number of hydrogen-bond donors (Lipinski definition) is 1. The average molecular weight is 316 g/mol. The fourth-order valence-electron chi connectivity index (χ4n) is 6.89. The molecule has 0 spiro atoms. The highest BCUT2D eigenvalue weighted by Crippen LogP contribution is 2.65. The first-order valence-corrected chi connectivity index (χ1v) is 9.32. The van der Waals surface area contributed by atoms with E-state index < -0.39 is 5.60 Å². The van der Waals surface area contributed by atoms with E-state index >= 15 is 0 Å². The second-order valence-corrected chi connectivity index (χ2v) is 8.77. The van der Waals surface area contributed by atoms with Crippen LogP contribution in [0.3, 0.4) is 0 Å². The van der Waals surface area contributed by atoms with Crippen molar-refractivity contribution in [3.63, 3.8) is 0 Å². The van der Waals surface area contributed by atoms with Crippen LogP contribution in [0.4, 0.5) is 0 Å². The predicted octanol–water partition coefficient (Wildman–Crippen LogP) is 3.45.